The molecule has 0 amide bonds. The molecular weight excluding hydrogens is 478 g/mol. The maximum absolute atomic E-state index is 13.3. The molecule has 2 saturated heterocycles. The summed E-state index contributed by atoms with van der Waals surface area (Å²) in [6, 6.07) is -0.177. The number of aliphatic hydroxyl groups is 3. The van der Waals surface area contributed by atoms with Gasteiger partial charge in [0.25, 0.3) is 0 Å². The van der Waals surface area contributed by atoms with Gasteiger partial charge in [-0.3, -0.25) is 9.59 Å². The smallest absolute Gasteiger partial charge is 0.311 e. The minimum Gasteiger partial charge on any atom is -0.462 e. The van der Waals surface area contributed by atoms with Gasteiger partial charge in [0.2, 0.25) is 0 Å². The number of ether oxygens (including phenoxy) is 3. The monoisotopic (exact) mass is 529 g/mol. The van der Waals surface area contributed by atoms with Gasteiger partial charge in [-0.2, -0.15) is 0 Å². The van der Waals surface area contributed by atoms with Crippen LogP contribution in [0.5, 0.6) is 0 Å². The molecule has 0 bridgehead atoms. The maximum Gasteiger partial charge on any atom is 0.311 e. The molecule has 0 aromatic heterocycles. The molecule has 9 nitrogen and oxygen atoms in total. The SMILES string of the molecule is CC1OC(OC2[C@H](C)C[C@](C)(O)C[C@@H](C)C(=O)[C@H](C)[C@@H](O)[C@@H](C)[C@@H](C)OC(=O)[C@@H]2C)CC(N(C)C)C1O. The third-order valence-corrected chi connectivity index (χ3v) is 8.61. The second kappa shape index (κ2) is 12.8. The molecule has 2 aliphatic heterocycles. The molecule has 13 atom stereocenters. The van der Waals surface area contributed by atoms with Gasteiger partial charge in [-0.25, -0.2) is 0 Å². The van der Waals surface area contributed by atoms with Crippen molar-refractivity contribution in [2.24, 2.45) is 29.6 Å². The first kappa shape index (κ1) is 32.1. The first-order chi connectivity index (χ1) is 17.0. The fourth-order valence-electron chi connectivity index (χ4n) is 6.08. The molecule has 2 aliphatic rings. The highest BCUT2D eigenvalue weighted by Crippen LogP contribution is 2.35. The second-order valence-electron chi connectivity index (χ2n) is 12.4. The van der Waals surface area contributed by atoms with Crippen molar-refractivity contribution in [1.29, 1.82) is 0 Å². The van der Waals surface area contributed by atoms with E-state index < -0.39 is 72.1 Å². The lowest BCUT2D eigenvalue weighted by molar-refractivity contribution is -0.262. The first-order valence-electron chi connectivity index (χ1n) is 13.8. The Balaban J connectivity index is 2.38. The Bertz CT molecular complexity index is 773. The van der Waals surface area contributed by atoms with Crippen molar-refractivity contribution >= 4 is 11.8 Å². The maximum atomic E-state index is 13.3. The van der Waals surface area contributed by atoms with Gasteiger partial charge in [0, 0.05) is 30.2 Å². The molecule has 9 heteroatoms. The predicted octanol–water partition coefficient (Wildman–Crippen LogP) is 2.38. The van der Waals surface area contributed by atoms with E-state index in [4.69, 9.17) is 14.2 Å². The van der Waals surface area contributed by atoms with E-state index in [9.17, 15) is 24.9 Å². The normalized spacial score (nSPS) is 47.4. The predicted molar refractivity (Wildman–Crippen MR) is 140 cm³/mol. The number of likely N-dealkylation sites (N-methyl/N-ethyl adjacent to an activating group) is 1. The van der Waals surface area contributed by atoms with Crippen molar-refractivity contribution in [3.63, 3.8) is 0 Å². The number of hydrogen-bond donors (Lipinski definition) is 3. The van der Waals surface area contributed by atoms with E-state index in [1.54, 1.807) is 48.5 Å². The van der Waals surface area contributed by atoms with Crippen LogP contribution in [0.15, 0.2) is 0 Å². The number of cyclic esters (lactones) is 1. The van der Waals surface area contributed by atoms with Crippen LogP contribution in [0.3, 0.4) is 0 Å². The summed E-state index contributed by atoms with van der Waals surface area (Å²) in [6.07, 6.45) is -3.09. The Morgan fingerprint density at radius 1 is 0.919 bits per heavy atom. The molecule has 3 N–H and O–H groups in total. The summed E-state index contributed by atoms with van der Waals surface area (Å²) in [4.78, 5) is 28.3. The second-order valence-corrected chi connectivity index (χ2v) is 12.4. The van der Waals surface area contributed by atoms with Crippen molar-refractivity contribution in [2.45, 2.75) is 123 Å². The molecule has 37 heavy (non-hydrogen) atoms. The molecule has 5 unspecified atom stereocenters. The molecular formula is C28H51NO8. The van der Waals surface area contributed by atoms with E-state index in [2.05, 4.69) is 0 Å². The zero-order chi connectivity index (χ0) is 28.4. The van der Waals surface area contributed by atoms with Gasteiger partial charge in [-0.05, 0) is 60.5 Å². The molecule has 0 aromatic carbocycles. The van der Waals surface area contributed by atoms with Crippen LogP contribution in [0.1, 0.15) is 74.7 Å². The van der Waals surface area contributed by atoms with Gasteiger partial charge in [-0.15, -0.1) is 0 Å². The fourth-order valence-corrected chi connectivity index (χ4v) is 6.08. The zero-order valence-corrected chi connectivity index (χ0v) is 24.4. The summed E-state index contributed by atoms with van der Waals surface area (Å²) in [5.41, 5.74) is -1.20. The highest BCUT2D eigenvalue weighted by atomic mass is 16.7. The molecule has 2 fully saturated rings. The molecule has 0 radical (unpaired) electrons. The van der Waals surface area contributed by atoms with E-state index in [1.807, 2.05) is 25.9 Å². The number of aliphatic hydroxyl groups excluding tert-OH is 2. The number of esters is 1. The zero-order valence-electron chi connectivity index (χ0n) is 24.4. The molecule has 0 aliphatic carbocycles. The topological polar surface area (TPSA) is 126 Å². The highest BCUT2D eigenvalue weighted by molar-refractivity contribution is 5.83. The van der Waals surface area contributed by atoms with Crippen LogP contribution in [0, 0.1) is 29.6 Å². The minimum atomic E-state index is -1.20. The summed E-state index contributed by atoms with van der Waals surface area (Å²) in [5.74, 6) is -3.12. The van der Waals surface area contributed by atoms with E-state index >= 15 is 0 Å². The van der Waals surface area contributed by atoms with Crippen molar-refractivity contribution < 1.29 is 39.1 Å². The van der Waals surface area contributed by atoms with Gasteiger partial charge in [0.15, 0.2) is 6.29 Å². The average molecular weight is 530 g/mol. The van der Waals surface area contributed by atoms with Crippen LogP contribution in [-0.2, 0) is 23.8 Å². The molecule has 0 aromatic rings. The highest BCUT2D eigenvalue weighted by Gasteiger charge is 2.43. The Labute approximate surface area is 222 Å². The average Bonchev–Trinajstić information content (AvgIpc) is 2.80. The largest absolute Gasteiger partial charge is 0.462 e. The molecule has 0 spiro atoms. The van der Waals surface area contributed by atoms with Gasteiger partial charge in [0.05, 0.1) is 35.9 Å². The van der Waals surface area contributed by atoms with Gasteiger partial charge < -0.3 is 34.4 Å². The summed E-state index contributed by atoms with van der Waals surface area (Å²) in [6.45, 7) is 14.1. The number of nitrogens with zero attached hydrogens (tertiary/aromatic N) is 1. The van der Waals surface area contributed by atoms with Crippen LogP contribution in [-0.4, -0.2) is 94.5 Å². The van der Waals surface area contributed by atoms with Crippen molar-refractivity contribution in [3.8, 4) is 0 Å². The number of hydrogen-bond acceptors (Lipinski definition) is 9. The lowest BCUT2D eigenvalue weighted by atomic mass is 9.76. The van der Waals surface area contributed by atoms with Gasteiger partial charge in [0.1, 0.15) is 11.9 Å². The number of carbonyl (C=O) groups excluding carboxylic acids is 2. The summed E-state index contributed by atoms with van der Waals surface area (Å²) >= 11 is 0. The number of carbonyl (C=O) groups is 2. The standard InChI is InChI=1S/C28H51NO8/c1-14-12-28(8,34)13-15(2)26(37-22-11-21(29(9)10)25(32)20(7)35-22)18(5)27(33)36-19(6)16(3)24(31)17(4)23(14)30/h14-22,24-26,31-32,34H,11-13H2,1-10H3/t14-,15-,16+,17+,18-,19-,20?,21?,22?,24+,25?,26?,28-/m1/s1. The number of ketones is 1. The van der Waals surface area contributed by atoms with Crippen molar-refractivity contribution in [1.82, 2.24) is 4.90 Å². The molecule has 216 valence electrons. The van der Waals surface area contributed by atoms with Crippen molar-refractivity contribution in [2.75, 3.05) is 14.1 Å². The lowest BCUT2D eigenvalue weighted by Crippen LogP contribution is -2.54. The van der Waals surface area contributed by atoms with Crippen LogP contribution < -0.4 is 0 Å². The summed E-state index contributed by atoms with van der Waals surface area (Å²) in [5, 5.41) is 32.7. The summed E-state index contributed by atoms with van der Waals surface area (Å²) < 4.78 is 18.2. The van der Waals surface area contributed by atoms with Crippen LogP contribution >= 0.6 is 0 Å². The van der Waals surface area contributed by atoms with E-state index in [0.717, 1.165) is 0 Å². The van der Waals surface area contributed by atoms with E-state index in [1.165, 1.54) is 0 Å². The Morgan fingerprint density at radius 3 is 2.08 bits per heavy atom. The van der Waals surface area contributed by atoms with E-state index in [-0.39, 0.29) is 30.6 Å². The molecule has 2 rings (SSSR count). The first-order valence-corrected chi connectivity index (χ1v) is 13.8. The van der Waals surface area contributed by atoms with Crippen LogP contribution in [0.2, 0.25) is 0 Å². The Morgan fingerprint density at radius 2 is 1.51 bits per heavy atom. The van der Waals surface area contributed by atoms with Crippen LogP contribution in [0.4, 0.5) is 0 Å². The van der Waals surface area contributed by atoms with Gasteiger partial charge in [-0.1, -0.05) is 27.7 Å². The van der Waals surface area contributed by atoms with E-state index in [0.29, 0.717) is 6.42 Å². The van der Waals surface area contributed by atoms with Gasteiger partial charge >= 0.3 is 5.97 Å². The lowest BCUT2D eigenvalue weighted by Gasteiger charge is -2.43. The number of Topliss-reactive ketones (excluding diaryl/α,β-unsaturated/α-hetero) is 1. The Kier molecular flexibility index (Phi) is 11.1. The summed E-state index contributed by atoms with van der Waals surface area (Å²) in [7, 11) is 3.79. The fraction of sp³-hybridized carbons (Fsp3) is 0.929. The minimum absolute atomic E-state index is 0.123. The quantitative estimate of drug-likeness (QED) is 0.473. The van der Waals surface area contributed by atoms with Crippen molar-refractivity contribution in [3.05, 3.63) is 0 Å². The third-order valence-electron chi connectivity index (χ3n) is 8.61. The van der Waals surface area contributed by atoms with Crippen LogP contribution in [0.25, 0.3) is 0 Å². The molecule has 2 heterocycles. The Hall–Kier alpha value is -1.10. The third kappa shape index (κ3) is 7.96. The number of rotatable bonds is 3. The molecule has 0 saturated carbocycles.